The normalized spacial score (nSPS) is 22.1. The van der Waals surface area contributed by atoms with E-state index in [2.05, 4.69) is 32.9 Å². The van der Waals surface area contributed by atoms with Gasteiger partial charge in [-0.15, -0.1) is 0 Å². The fraction of sp³-hybridized carbons (Fsp3) is 0.632. The molecule has 1 amide bonds. The third kappa shape index (κ3) is 3.70. The number of amides is 1. The summed E-state index contributed by atoms with van der Waals surface area (Å²) >= 11 is 0. The van der Waals surface area contributed by atoms with Gasteiger partial charge in [-0.25, -0.2) is 0 Å². The molecule has 1 aliphatic heterocycles. The van der Waals surface area contributed by atoms with Gasteiger partial charge in [-0.2, -0.15) is 0 Å². The number of carbonyl (C=O) groups excluding carboxylic acids is 1. The third-order valence-corrected chi connectivity index (χ3v) is 4.69. The average Bonchev–Trinajstić information content (AvgIpc) is 3.20. The molecule has 1 aromatic rings. The summed E-state index contributed by atoms with van der Waals surface area (Å²) in [6.07, 6.45) is 3.84. The van der Waals surface area contributed by atoms with E-state index in [1.807, 2.05) is 17.0 Å². The maximum atomic E-state index is 12.6. The van der Waals surface area contributed by atoms with Crippen molar-refractivity contribution < 1.29 is 9.53 Å². The zero-order valence-corrected chi connectivity index (χ0v) is 14.0. The van der Waals surface area contributed by atoms with Gasteiger partial charge < -0.3 is 9.64 Å². The lowest BCUT2D eigenvalue weighted by atomic mass is 9.86. The van der Waals surface area contributed by atoms with Crippen LogP contribution in [0.2, 0.25) is 0 Å². The first-order valence-electron chi connectivity index (χ1n) is 8.45. The summed E-state index contributed by atoms with van der Waals surface area (Å²) in [5, 5.41) is 0. The van der Waals surface area contributed by atoms with Crippen LogP contribution < -0.4 is 0 Å². The second kappa shape index (κ2) is 6.04. The van der Waals surface area contributed by atoms with Gasteiger partial charge >= 0.3 is 0 Å². The van der Waals surface area contributed by atoms with Crippen LogP contribution in [0, 0.1) is 5.92 Å². The molecule has 120 valence electrons. The molecular formula is C19H27NO2. The standard InChI is InChI=1S/C19H27NO2/c1-19(2,3)16-8-6-15(7-9-16)18(21)20-11-10-17(12-20)22-13-14-4-5-14/h6-9,14,17H,4-5,10-13H2,1-3H3. The minimum atomic E-state index is 0.122. The summed E-state index contributed by atoms with van der Waals surface area (Å²) in [6, 6.07) is 8.07. The molecule has 0 aromatic heterocycles. The summed E-state index contributed by atoms with van der Waals surface area (Å²) in [5.74, 6) is 0.924. The molecule has 1 saturated carbocycles. The third-order valence-electron chi connectivity index (χ3n) is 4.69. The Morgan fingerprint density at radius 3 is 2.45 bits per heavy atom. The largest absolute Gasteiger partial charge is 0.376 e. The van der Waals surface area contributed by atoms with Crippen LogP contribution in [-0.2, 0) is 10.2 Å². The summed E-state index contributed by atoms with van der Waals surface area (Å²) in [5.41, 5.74) is 2.17. The second-order valence-electron chi connectivity index (χ2n) is 7.77. The number of carbonyl (C=O) groups is 1. The molecule has 22 heavy (non-hydrogen) atoms. The summed E-state index contributed by atoms with van der Waals surface area (Å²) in [7, 11) is 0. The lowest BCUT2D eigenvalue weighted by Gasteiger charge is -2.20. The Morgan fingerprint density at radius 2 is 1.86 bits per heavy atom. The zero-order valence-electron chi connectivity index (χ0n) is 14.0. The van der Waals surface area contributed by atoms with Gasteiger partial charge in [-0.05, 0) is 48.3 Å². The molecule has 3 rings (SSSR count). The van der Waals surface area contributed by atoms with Crippen LogP contribution in [0.1, 0.15) is 56.0 Å². The summed E-state index contributed by atoms with van der Waals surface area (Å²) in [4.78, 5) is 14.5. The zero-order chi connectivity index (χ0) is 15.7. The fourth-order valence-electron chi connectivity index (χ4n) is 2.90. The molecule has 1 aromatic carbocycles. The predicted octanol–water partition coefficient (Wildman–Crippen LogP) is 3.63. The van der Waals surface area contributed by atoms with Gasteiger partial charge in [0, 0.05) is 25.3 Å². The van der Waals surface area contributed by atoms with Crippen molar-refractivity contribution in [2.75, 3.05) is 19.7 Å². The van der Waals surface area contributed by atoms with Crippen molar-refractivity contribution in [1.82, 2.24) is 4.90 Å². The van der Waals surface area contributed by atoms with Crippen molar-refractivity contribution in [2.24, 2.45) is 5.92 Å². The van der Waals surface area contributed by atoms with Crippen LogP contribution in [0.5, 0.6) is 0 Å². The Bertz CT molecular complexity index is 525. The molecule has 2 fully saturated rings. The second-order valence-corrected chi connectivity index (χ2v) is 7.77. The predicted molar refractivity (Wildman–Crippen MR) is 88.1 cm³/mol. The van der Waals surface area contributed by atoms with Gasteiger partial charge in [-0.1, -0.05) is 32.9 Å². The first-order chi connectivity index (χ1) is 10.4. The van der Waals surface area contributed by atoms with Crippen LogP contribution in [0.4, 0.5) is 0 Å². The van der Waals surface area contributed by atoms with Crippen LogP contribution in [0.15, 0.2) is 24.3 Å². The SMILES string of the molecule is CC(C)(C)c1ccc(C(=O)N2CCC(OCC3CC3)C2)cc1. The Labute approximate surface area is 133 Å². The van der Waals surface area contributed by atoms with Gasteiger partial charge in [0.1, 0.15) is 0 Å². The van der Waals surface area contributed by atoms with Gasteiger partial charge in [-0.3, -0.25) is 4.79 Å². The monoisotopic (exact) mass is 301 g/mol. The van der Waals surface area contributed by atoms with Gasteiger partial charge in [0.25, 0.3) is 5.91 Å². The van der Waals surface area contributed by atoms with Crippen LogP contribution in [0.3, 0.4) is 0 Å². The van der Waals surface area contributed by atoms with Crippen LogP contribution in [-0.4, -0.2) is 36.6 Å². The average molecular weight is 301 g/mol. The Hall–Kier alpha value is -1.35. The molecule has 3 nitrogen and oxygen atoms in total. The lowest BCUT2D eigenvalue weighted by molar-refractivity contribution is 0.0480. The Balaban J connectivity index is 1.57. The minimum absolute atomic E-state index is 0.122. The van der Waals surface area contributed by atoms with Crippen molar-refractivity contribution in [3.63, 3.8) is 0 Å². The molecule has 1 unspecified atom stereocenters. The summed E-state index contributed by atoms with van der Waals surface area (Å²) in [6.45, 7) is 9.00. The Kier molecular flexibility index (Phi) is 4.26. The molecule has 0 radical (unpaired) electrons. The van der Waals surface area contributed by atoms with E-state index in [1.54, 1.807) is 0 Å². The fourth-order valence-corrected chi connectivity index (χ4v) is 2.90. The van der Waals surface area contributed by atoms with Gasteiger partial charge in [0.05, 0.1) is 6.10 Å². The van der Waals surface area contributed by atoms with E-state index in [-0.39, 0.29) is 17.4 Å². The number of benzene rings is 1. The van der Waals surface area contributed by atoms with E-state index in [0.717, 1.165) is 37.6 Å². The molecule has 1 saturated heterocycles. The van der Waals surface area contributed by atoms with Crippen molar-refractivity contribution in [3.8, 4) is 0 Å². The number of ether oxygens (including phenoxy) is 1. The Morgan fingerprint density at radius 1 is 1.18 bits per heavy atom. The molecule has 0 N–H and O–H groups in total. The van der Waals surface area contributed by atoms with E-state index in [1.165, 1.54) is 18.4 Å². The van der Waals surface area contributed by atoms with Crippen molar-refractivity contribution in [3.05, 3.63) is 35.4 Å². The van der Waals surface area contributed by atoms with Crippen molar-refractivity contribution in [1.29, 1.82) is 0 Å². The van der Waals surface area contributed by atoms with Gasteiger partial charge in [0.2, 0.25) is 0 Å². The van der Waals surface area contributed by atoms with Crippen LogP contribution >= 0.6 is 0 Å². The maximum Gasteiger partial charge on any atom is 0.253 e. The van der Waals surface area contributed by atoms with Gasteiger partial charge in [0.15, 0.2) is 0 Å². The highest BCUT2D eigenvalue weighted by Gasteiger charge is 2.30. The summed E-state index contributed by atoms with van der Waals surface area (Å²) < 4.78 is 5.91. The quantitative estimate of drug-likeness (QED) is 0.850. The van der Waals surface area contributed by atoms with E-state index in [9.17, 15) is 4.79 Å². The van der Waals surface area contributed by atoms with E-state index in [4.69, 9.17) is 4.74 Å². The highest BCUT2D eigenvalue weighted by Crippen LogP contribution is 2.30. The first kappa shape index (κ1) is 15.5. The van der Waals surface area contributed by atoms with Crippen molar-refractivity contribution in [2.45, 2.75) is 51.6 Å². The van der Waals surface area contributed by atoms with E-state index in [0.29, 0.717) is 0 Å². The minimum Gasteiger partial charge on any atom is -0.376 e. The molecule has 3 heteroatoms. The number of hydrogen-bond acceptors (Lipinski definition) is 2. The van der Waals surface area contributed by atoms with Crippen LogP contribution in [0.25, 0.3) is 0 Å². The molecular weight excluding hydrogens is 274 g/mol. The molecule has 1 atom stereocenters. The van der Waals surface area contributed by atoms with E-state index >= 15 is 0 Å². The number of likely N-dealkylation sites (tertiary alicyclic amines) is 1. The molecule has 2 aliphatic rings. The van der Waals surface area contributed by atoms with E-state index < -0.39 is 0 Å². The first-order valence-corrected chi connectivity index (χ1v) is 8.45. The topological polar surface area (TPSA) is 29.5 Å². The lowest BCUT2D eigenvalue weighted by Crippen LogP contribution is -2.30. The maximum absolute atomic E-state index is 12.6. The van der Waals surface area contributed by atoms with Crippen molar-refractivity contribution >= 4 is 5.91 Å². The highest BCUT2D eigenvalue weighted by molar-refractivity contribution is 5.94. The molecule has 0 spiro atoms. The highest BCUT2D eigenvalue weighted by atomic mass is 16.5. The molecule has 0 bridgehead atoms. The molecule has 1 aliphatic carbocycles. The smallest absolute Gasteiger partial charge is 0.253 e. The number of rotatable bonds is 4. The number of nitrogens with zero attached hydrogens (tertiary/aromatic N) is 1. The number of hydrogen-bond donors (Lipinski definition) is 0. The molecule has 1 heterocycles.